The molecule has 3 rings (SSSR count). The van der Waals surface area contributed by atoms with Crippen LogP contribution in [0.4, 0.5) is 13.6 Å². The number of allylic oxidation sites excluding steroid dienone is 2. The molecule has 0 unspecified atom stereocenters. The van der Waals surface area contributed by atoms with Crippen LogP contribution in [-0.4, -0.2) is 34.8 Å². The van der Waals surface area contributed by atoms with Crippen LogP contribution in [-0.2, 0) is 4.79 Å². The van der Waals surface area contributed by atoms with Gasteiger partial charge in [0.15, 0.2) is 17.4 Å². The van der Waals surface area contributed by atoms with E-state index in [2.05, 4.69) is 10.3 Å². The summed E-state index contributed by atoms with van der Waals surface area (Å²) in [5, 5.41) is 2.96. The molecule has 0 saturated heterocycles. The molecule has 0 aliphatic heterocycles. The van der Waals surface area contributed by atoms with Crippen molar-refractivity contribution in [3.8, 4) is 0 Å². The smallest absolute Gasteiger partial charge is 0.318 e. The number of hydrogen-bond donors (Lipinski definition) is 2. The molecule has 0 spiro atoms. The third kappa shape index (κ3) is 3.64. The Hall–Kier alpha value is -3.29. The second-order valence-electron chi connectivity index (χ2n) is 6.27. The van der Waals surface area contributed by atoms with Gasteiger partial charge in [-0.1, -0.05) is 12.2 Å². The van der Waals surface area contributed by atoms with Crippen molar-refractivity contribution < 1.29 is 18.4 Å². The molecule has 1 heterocycles. The molecule has 0 saturated carbocycles. The number of urea groups is 1. The first-order valence-corrected chi connectivity index (χ1v) is 8.22. The maximum atomic E-state index is 13.7. The summed E-state index contributed by atoms with van der Waals surface area (Å²) in [5.41, 5.74) is -0.0832. The lowest BCUT2D eigenvalue weighted by atomic mass is 10.0. The van der Waals surface area contributed by atoms with Crippen LogP contribution in [0.3, 0.4) is 0 Å². The van der Waals surface area contributed by atoms with Crippen LogP contribution in [0.2, 0.25) is 0 Å². The molecular weight excluding hydrogens is 356 g/mol. The Balaban J connectivity index is 1.88. The zero-order chi connectivity index (χ0) is 19.7. The molecule has 27 heavy (non-hydrogen) atoms. The first kappa shape index (κ1) is 18.5. The largest absolute Gasteiger partial charge is 0.328 e. The summed E-state index contributed by atoms with van der Waals surface area (Å²) in [6, 6.07) is 0.388. The van der Waals surface area contributed by atoms with Crippen LogP contribution in [0.5, 0.6) is 0 Å². The van der Waals surface area contributed by atoms with Gasteiger partial charge < -0.3 is 15.2 Å². The van der Waals surface area contributed by atoms with E-state index in [4.69, 9.17) is 0 Å². The van der Waals surface area contributed by atoms with Crippen molar-refractivity contribution in [3.05, 3.63) is 70.2 Å². The minimum Gasteiger partial charge on any atom is -0.328 e. The van der Waals surface area contributed by atoms with E-state index in [1.807, 2.05) is 0 Å². The highest BCUT2D eigenvalue weighted by Gasteiger charge is 2.22. The molecule has 1 atom stereocenters. The van der Waals surface area contributed by atoms with Crippen LogP contribution in [0.25, 0.3) is 10.8 Å². The fourth-order valence-electron chi connectivity index (χ4n) is 2.86. The number of rotatable bonds is 3. The zero-order valence-corrected chi connectivity index (χ0v) is 14.6. The van der Waals surface area contributed by atoms with Gasteiger partial charge >= 0.3 is 6.03 Å². The maximum absolute atomic E-state index is 13.7. The number of aromatic nitrogens is 1. The molecular formula is C19H17F2N3O3. The highest BCUT2D eigenvalue weighted by molar-refractivity contribution is 6.00. The number of nitrogens with one attached hydrogen (secondary N) is 2. The van der Waals surface area contributed by atoms with Crippen molar-refractivity contribution in [1.29, 1.82) is 0 Å². The number of halogens is 2. The molecule has 1 aromatic carbocycles. The highest BCUT2D eigenvalue weighted by Crippen LogP contribution is 2.26. The van der Waals surface area contributed by atoms with E-state index in [1.165, 1.54) is 30.3 Å². The topological polar surface area (TPSA) is 82.3 Å². The van der Waals surface area contributed by atoms with Gasteiger partial charge in [-0.05, 0) is 42.2 Å². The number of carbonyl (C=O) groups excluding carboxylic acids is 2. The number of pyridine rings is 1. The predicted molar refractivity (Wildman–Crippen MR) is 96.3 cm³/mol. The molecule has 0 fully saturated rings. The van der Waals surface area contributed by atoms with Gasteiger partial charge in [-0.15, -0.1) is 0 Å². The van der Waals surface area contributed by atoms with Crippen molar-refractivity contribution in [1.82, 2.24) is 15.2 Å². The van der Waals surface area contributed by atoms with E-state index in [0.29, 0.717) is 5.56 Å². The standard InChI is InChI=1S/C19H17F2N3O3/c1-10(24(2)19(27)23-11-3-5-12(25)6-4-11)15-9-22-18(26)14-8-17(21)16(20)7-13(14)15/h3-11H,1-2H3,(H,22,26)(H,23,27)/t10-/m1/s1. The molecule has 1 aliphatic carbocycles. The summed E-state index contributed by atoms with van der Waals surface area (Å²) < 4.78 is 27.2. The van der Waals surface area contributed by atoms with E-state index < -0.39 is 35.3 Å². The minimum absolute atomic E-state index is 0.00344. The average Bonchev–Trinajstić information content (AvgIpc) is 2.64. The molecule has 2 N–H and O–H groups in total. The Labute approximate surface area is 153 Å². The fraction of sp³-hybridized carbons (Fsp3) is 0.211. The van der Waals surface area contributed by atoms with Gasteiger partial charge in [0.1, 0.15) is 0 Å². The van der Waals surface area contributed by atoms with Gasteiger partial charge in [-0.2, -0.15) is 0 Å². The van der Waals surface area contributed by atoms with Crippen molar-refractivity contribution in [3.63, 3.8) is 0 Å². The molecule has 140 valence electrons. The summed E-state index contributed by atoms with van der Waals surface area (Å²) in [7, 11) is 1.54. The lowest BCUT2D eigenvalue weighted by molar-refractivity contribution is -0.110. The molecule has 1 aromatic heterocycles. The number of fused-ring (bicyclic) bond motifs is 1. The van der Waals surface area contributed by atoms with Gasteiger partial charge in [-0.25, -0.2) is 13.6 Å². The van der Waals surface area contributed by atoms with Gasteiger partial charge in [-0.3, -0.25) is 9.59 Å². The van der Waals surface area contributed by atoms with Crippen molar-refractivity contribution in [2.24, 2.45) is 0 Å². The summed E-state index contributed by atoms with van der Waals surface area (Å²) in [6.07, 6.45) is 7.23. The van der Waals surface area contributed by atoms with Gasteiger partial charge in [0, 0.05) is 13.2 Å². The van der Waals surface area contributed by atoms with E-state index >= 15 is 0 Å². The maximum Gasteiger partial charge on any atom is 0.318 e. The number of hydrogen-bond acceptors (Lipinski definition) is 3. The summed E-state index contributed by atoms with van der Waals surface area (Å²) in [5.74, 6) is -2.35. The Bertz CT molecular complexity index is 1030. The second kappa shape index (κ2) is 7.14. The Morgan fingerprint density at radius 3 is 2.37 bits per heavy atom. The fourth-order valence-corrected chi connectivity index (χ4v) is 2.86. The highest BCUT2D eigenvalue weighted by atomic mass is 19.2. The third-order valence-corrected chi connectivity index (χ3v) is 4.55. The third-order valence-electron chi connectivity index (χ3n) is 4.55. The van der Waals surface area contributed by atoms with Gasteiger partial charge in [0.05, 0.1) is 17.5 Å². The van der Waals surface area contributed by atoms with Crippen LogP contribution in [0, 0.1) is 11.6 Å². The summed E-state index contributed by atoms with van der Waals surface area (Å²) in [6.45, 7) is 1.70. The second-order valence-corrected chi connectivity index (χ2v) is 6.27. The van der Waals surface area contributed by atoms with Crippen LogP contribution >= 0.6 is 0 Å². The number of aromatic amines is 1. The number of nitrogens with zero attached hydrogens (tertiary/aromatic N) is 1. The minimum atomic E-state index is -1.12. The van der Waals surface area contributed by atoms with E-state index in [1.54, 1.807) is 19.1 Å². The molecule has 8 heteroatoms. The first-order chi connectivity index (χ1) is 12.8. The van der Waals surface area contributed by atoms with E-state index in [-0.39, 0.29) is 16.6 Å². The van der Waals surface area contributed by atoms with Crippen LogP contribution < -0.4 is 10.9 Å². The number of carbonyl (C=O) groups is 2. The van der Waals surface area contributed by atoms with Gasteiger partial charge in [0.2, 0.25) is 0 Å². The first-order valence-electron chi connectivity index (χ1n) is 8.22. The molecule has 2 aromatic rings. The molecule has 2 amide bonds. The molecule has 1 aliphatic rings. The predicted octanol–water partition coefficient (Wildman–Crippen LogP) is 2.57. The van der Waals surface area contributed by atoms with Crippen molar-refractivity contribution in [2.75, 3.05) is 7.05 Å². The van der Waals surface area contributed by atoms with Crippen LogP contribution in [0.1, 0.15) is 18.5 Å². The lowest BCUT2D eigenvalue weighted by Gasteiger charge is -2.27. The Kier molecular flexibility index (Phi) is 4.89. The van der Waals surface area contributed by atoms with Crippen LogP contribution in [0.15, 0.2) is 47.4 Å². The van der Waals surface area contributed by atoms with E-state index in [0.717, 1.165) is 12.1 Å². The number of benzene rings is 1. The summed E-state index contributed by atoms with van der Waals surface area (Å²) in [4.78, 5) is 39.4. The Morgan fingerprint density at radius 1 is 1.15 bits per heavy atom. The van der Waals surface area contributed by atoms with E-state index in [9.17, 15) is 23.2 Å². The molecule has 0 radical (unpaired) electrons. The molecule has 0 bridgehead atoms. The SMILES string of the molecule is C[C@H](c1c[nH]c(=O)c2cc(F)c(F)cc12)N(C)C(=O)NC1C=CC(=O)C=C1. The lowest BCUT2D eigenvalue weighted by Crippen LogP contribution is -2.43. The monoisotopic (exact) mass is 373 g/mol. The number of H-pyrrole nitrogens is 1. The zero-order valence-electron chi connectivity index (χ0n) is 14.6. The number of amides is 2. The molecule has 6 nitrogen and oxygen atoms in total. The normalized spacial score (nSPS) is 15.2. The van der Waals surface area contributed by atoms with Crippen molar-refractivity contribution in [2.45, 2.75) is 19.0 Å². The summed E-state index contributed by atoms with van der Waals surface area (Å²) >= 11 is 0. The van der Waals surface area contributed by atoms with Crippen molar-refractivity contribution >= 4 is 22.6 Å². The average molecular weight is 373 g/mol. The van der Waals surface area contributed by atoms with Gasteiger partial charge in [0.25, 0.3) is 5.56 Å². The quantitative estimate of drug-likeness (QED) is 0.868. The number of ketones is 1. The Morgan fingerprint density at radius 2 is 1.74 bits per heavy atom.